The summed E-state index contributed by atoms with van der Waals surface area (Å²) in [7, 11) is 1.48. The number of rotatable bonds is 4. The molecule has 3 atom stereocenters. The van der Waals surface area contributed by atoms with Gasteiger partial charge in [-0.15, -0.1) is 5.10 Å². The van der Waals surface area contributed by atoms with Gasteiger partial charge in [-0.3, -0.25) is 14.2 Å². The van der Waals surface area contributed by atoms with Gasteiger partial charge in [0.05, 0.1) is 0 Å². The smallest absolute Gasteiger partial charge is 0.349 e. The second kappa shape index (κ2) is 6.18. The minimum atomic E-state index is -0.749. The molecule has 22 heavy (non-hydrogen) atoms. The molecule has 0 unspecified atom stereocenters. The Morgan fingerprint density at radius 2 is 2.09 bits per heavy atom. The van der Waals surface area contributed by atoms with E-state index in [2.05, 4.69) is 5.10 Å². The maximum absolute atomic E-state index is 12.0. The highest BCUT2D eigenvalue weighted by atomic mass is 16.6. The molecule has 1 saturated heterocycles. The first kappa shape index (κ1) is 16.0. The van der Waals surface area contributed by atoms with Crippen molar-refractivity contribution < 1.29 is 23.8 Å². The Kier molecular flexibility index (Phi) is 4.50. The number of hydrogen-bond acceptors (Lipinski definition) is 8. The van der Waals surface area contributed by atoms with E-state index < -0.39 is 36.1 Å². The van der Waals surface area contributed by atoms with E-state index in [-0.39, 0.29) is 19.0 Å². The van der Waals surface area contributed by atoms with Crippen LogP contribution in [0.15, 0.2) is 4.79 Å². The van der Waals surface area contributed by atoms with Crippen molar-refractivity contribution in [2.75, 3.05) is 12.3 Å². The topological polar surface area (TPSA) is 128 Å². The second-order valence-electron chi connectivity index (χ2n) is 4.96. The Hall–Kier alpha value is -2.36. The Morgan fingerprint density at radius 3 is 2.59 bits per heavy atom. The molecule has 2 heterocycles. The summed E-state index contributed by atoms with van der Waals surface area (Å²) in [4.78, 5) is 34.1. The van der Waals surface area contributed by atoms with Crippen molar-refractivity contribution >= 4 is 17.9 Å². The maximum atomic E-state index is 12.0. The molecule has 0 saturated carbocycles. The summed E-state index contributed by atoms with van der Waals surface area (Å²) in [5, 5.41) is 3.91. The van der Waals surface area contributed by atoms with Crippen LogP contribution in [0.1, 0.15) is 26.5 Å². The fraction of sp³-hybridized carbons (Fsp3) is 0.667. The highest BCUT2D eigenvalue weighted by Crippen LogP contribution is 2.30. The van der Waals surface area contributed by atoms with E-state index in [1.54, 1.807) is 0 Å². The zero-order valence-corrected chi connectivity index (χ0v) is 12.5. The molecule has 10 nitrogen and oxygen atoms in total. The zero-order chi connectivity index (χ0) is 16.4. The predicted molar refractivity (Wildman–Crippen MR) is 72.6 cm³/mol. The molecule has 2 rings (SSSR count). The van der Waals surface area contributed by atoms with Crippen molar-refractivity contribution in [1.29, 1.82) is 0 Å². The summed E-state index contributed by atoms with van der Waals surface area (Å²) in [6.07, 6.45) is -1.85. The minimum absolute atomic E-state index is 0.0427. The number of carbonyl (C=O) groups excluding carboxylic acids is 2. The molecule has 0 radical (unpaired) electrons. The molecule has 0 spiro atoms. The van der Waals surface area contributed by atoms with Crippen LogP contribution in [-0.2, 0) is 30.8 Å². The summed E-state index contributed by atoms with van der Waals surface area (Å²) in [6.45, 7) is 2.44. The molecule has 10 heteroatoms. The van der Waals surface area contributed by atoms with E-state index >= 15 is 0 Å². The number of nitrogens with two attached hydrogens (primary N) is 1. The summed E-state index contributed by atoms with van der Waals surface area (Å²) in [6, 6.07) is 0. The molecule has 0 amide bonds. The van der Waals surface area contributed by atoms with E-state index in [0.717, 1.165) is 4.68 Å². The van der Waals surface area contributed by atoms with E-state index in [1.165, 1.54) is 25.5 Å². The lowest BCUT2D eigenvalue weighted by atomic mass is 10.2. The summed E-state index contributed by atoms with van der Waals surface area (Å²) in [5.74, 6) is -0.927. The van der Waals surface area contributed by atoms with Crippen LogP contribution >= 0.6 is 0 Å². The number of esters is 2. The average Bonchev–Trinajstić information content (AvgIpc) is 2.92. The van der Waals surface area contributed by atoms with Gasteiger partial charge in [-0.25, -0.2) is 4.79 Å². The first-order valence-corrected chi connectivity index (χ1v) is 6.66. The van der Waals surface area contributed by atoms with Gasteiger partial charge in [0, 0.05) is 27.3 Å². The van der Waals surface area contributed by atoms with Crippen molar-refractivity contribution in [1.82, 2.24) is 14.3 Å². The van der Waals surface area contributed by atoms with Crippen LogP contribution in [0.5, 0.6) is 0 Å². The van der Waals surface area contributed by atoms with Gasteiger partial charge in [-0.2, -0.15) is 4.68 Å². The average molecular weight is 314 g/mol. The summed E-state index contributed by atoms with van der Waals surface area (Å²) in [5.41, 5.74) is 5.13. The van der Waals surface area contributed by atoms with Gasteiger partial charge in [0.15, 0.2) is 6.23 Å². The van der Waals surface area contributed by atoms with Crippen molar-refractivity contribution in [2.45, 2.75) is 38.7 Å². The summed E-state index contributed by atoms with van der Waals surface area (Å²) >= 11 is 0. The van der Waals surface area contributed by atoms with Gasteiger partial charge < -0.3 is 19.9 Å². The van der Waals surface area contributed by atoms with E-state index in [4.69, 9.17) is 19.9 Å². The quantitative estimate of drug-likeness (QED) is 0.697. The fourth-order valence-corrected chi connectivity index (χ4v) is 2.20. The Morgan fingerprint density at radius 1 is 1.41 bits per heavy atom. The monoisotopic (exact) mass is 314 g/mol. The number of aromatic nitrogens is 3. The van der Waals surface area contributed by atoms with Crippen molar-refractivity contribution in [3.63, 3.8) is 0 Å². The van der Waals surface area contributed by atoms with Crippen molar-refractivity contribution in [3.8, 4) is 0 Å². The fourth-order valence-electron chi connectivity index (χ4n) is 2.20. The molecule has 1 aromatic rings. The number of nitrogens with zero attached hydrogens (tertiary/aromatic N) is 3. The molecule has 0 aromatic carbocycles. The number of hydrogen-bond donors (Lipinski definition) is 1. The van der Waals surface area contributed by atoms with Crippen LogP contribution in [0.4, 0.5) is 5.95 Å². The molecule has 1 fully saturated rings. The van der Waals surface area contributed by atoms with Crippen molar-refractivity contribution in [3.05, 3.63) is 10.5 Å². The highest BCUT2D eigenvalue weighted by molar-refractivity contribution is 5.66. The lowest BCUT2D eigenvalue weighted by molar-refractivity contribution is -0.155. The van der Waals surface area contributed by atoms with Gasteiger partial charge in [0.2, 0.25) is 5.95 Å². The SMILES string of the molecule is CC(=O)OC[C@H]1O[C@@H](n2nc(N)n(C)c2=O)C[C@@H]1OC(C)=O. The zero-order valence-electron chi connectivity index (χ0n) is 12.5. The second-order valence-corrected chi connectivity index (χ2v) is 4.96. The maximum Gasteiger partial charge on any atom is 0.349 e. The molecular formula is C12H18N4O6. The van der Waals surface area contributed by atoms with Crippen LogP contribution in [0.25, 0.3) is 0 Å². The minimum Gasteiger partial charge on any atom is -0.463 e. The standard InChI is InChI=1S/C12H18N4O6/c1-6(17)20-5-9-8(21-7(2)18)4-10(22-9)16-12(19)15(3)11(13)14-16/h8-10H,4-5H2,1-3H3,(H2,13,14)/t8-,9+,10+/m0/s1. The van der Waals surface area contributed by atoms with E-state index in [1.807, 2.05) is 0 Å². The molecule has 1 aliphatic rings. The third kappa shape index (κ3) is 3.27. The van der Waals surface area contributed by atoms with E-state index in [9.17, 15) is 14.4 Å². The molecule has 1 aliphatic heterocycles. The van der Waals surface area contributed by atoms with Crippen molar-refractivity contribution in [2.24, 2.45) is 7.05 Å². The summed E-state index contributed by atoms with van der Waals surface area (Å²) < 4.78 is 17.9. The predicted octanol–water partition coefficient (Wildman–Crippen LogP) is -1.05. The normalized spacial score (nSPS) is 24.2. The van der Waals surface area contributed by atoms with Gasteiger partial charge in [0.25, 0.3) is 0 Å². The third-order valence-corrected chi connectivity index (χ3v) is 3.26. The Bertz CT molecular complexity index is 636. The lowest BCUT2D eigenvalue weighted by Crippen LogP contribution is -2.31. The van der Waals surface area contributed by atoms with Gasteiger partial charge in [0.1, 0.15) is 18.8 Å². The molecule has 0 aliphatic carbocycles. The van der Waals surface area contributed by atoms with Gasteiger partial charge in [-0.1, -0.05) is 0 Å². The number of nitrogen functional groups attached to an aromatic ring is 1. The van der Waals surface area contributed by atoms with Crippen LogP contribution in [0.2, 0.25) is 0 Å². The third-order valence-electron chi connectivity index (χ3n) is 3.26. The van der Waals surface area contributed by atoms with Crippen LogP contribution in [0.3, 0.4) is 0 Å². The molecule has 1 aromatic heterocycles. The van der Waals surface area contributed by atoms with Crippen LogP contribution in [0, 0.1) is 0 Å². The molecule has 122 valence electrons. The van der Waals surface area contributed by atoms with Gasteiger partial charge >= 0.3 is 17.6 Å². The molecule has 0 bridgehead atoms. The Balaban J connectivity index is 2.17. The Labute approximate surface area is 125 Å². The van der Waals surface area contributed by atoms with Gasteiger partial charge in [-0.05, 0) is 0 Å². The largest absolute Gasteiger partial charge is 0.463 e. The lowest BCUT2D eigenvalue weighted by Gasteiger charge is -2.17. The van der Waals surface area contributed by atoms with E-state index in [0.29, 0.717) is 0 Å². The number of carbonyl (C=O) groups is 2. The molecule has 2 N–H and O–H groups in total. The number of anilines is 1. The first-order valence-electron chi connectivity index (χ1n) is 6.66. The highest BCUT2D eigenvalue weighted by Gasteiger charge is 2.40. The van der Waals surface area contributed by atoms with Crippen LogP contribution in [-0.4, -0.2) is 45.1 Å². The first-order chi connectivity index (χ1) is 10.3. The number of ether oxygens (including phenoxy) is 3. The molecular weight excluding hydrogens is 296 g/mol. The van der Waals surface area contributed by atoms with Crippen LogP contribution < -0.4 is 11.4 Å².